The quantitative estimate of drug-likeness (QED) is 0.605. The molecule has 1 aromatic heterocycles. The fraction of sp³-hybridized carbons (Fsp3) is 0.722. The van der Waals surface area contributed by atoms with Gasteiger partial charge < -0.3 is 16.0 Å². The summed E-state index contributed by atoms with van der Waals surface area (Å²) >= 11 is 0. The summed E-state index contributed by atoms with van der Waals surface area (Å²) in [4.78, 5) is 20.6. The van der Waals surface area contributed by atoms with E-state index in [0.717, 1.165) is 30.4 Å². The zero-order valence-electron chi connectivity index (χ0n) is 15.0. The molecular weight excluding hydrogens is 302 g/mol. The number of nitrogens with zero attached hydrogens (tertiary/aromatic N) is 2. The number of anilines is 2. The molecule has 2 rings (SSSR count). The van der Waals surface area contributed by atoms with Crippen molar-refractivity contribution in [3.05, 3.63) is 11.8 Å². The van der Waals surface area contributed by atoms with Crippen molar-refractivity contribution < 1.29 is 4.79 Å². The van der Waals surface area contributed by atoms with E-state index in [1.54, 1.807) is 0 Å². The topological polar surface area (TPSA) is 78.9 Å². The molecule has 6 nitrogen and oxygen atoms in total. The Morgan fingerprint density at radius 1 is 1.17 bits per heavy atom. The van der Waals surface area contributed by atoms with Crippen LogP contribution in [0, 0.1) is 12.8 Å². The number of aryl methyl sites for hydroxylation is 1. The molecule has 1 amide bonds. The molecule has 1 aromatic rings. The Kier molecular flexibility index (Phi) is 7.79. The SMILES string of the molecule is CCNc1nc(C)cc(NCCNC(=O)CCC2CCCCC2)n1. The van der Waals surface area contributed by atoms with Gasteiger partial charge in [-0.25, -0.2) is 4.98 Å². The van der Waals surface area contributed by atoms with Crippen LogP contribution in [0.4, 0.5) is 11.8 Å². The van der Waals surface area contributed by atoms with Crippen molar-refractivity contribution in [2.45, 2.75) is 58.8 Å². The summed E-state index contributed by atoms with van der Waals surface area (Å²) in [6.45, 7) is 6.03. The monoisotopic (exact) mass is 333 g/mol. The van der Waals surface area contributed by atoms with Gasteiger partial charge in [-0.05, 0) is 26.2 Å². The van der Waals surface area contributed by atoms with Crippen molar-refractivity contribution in [2.24, 2.45) is 5.92 Å². The van der Waals surface area contributed by atoms with Gasteiger partial charge in [-0.3, -0.25) is 4.79 Å². The summed E-state index contributed by atoms with van der Waals surface area (Å²) in [7, 11) is 0. The van der Waals surface area contributed by atoms with Crippen molar-refractivity contribution in [2.75, 3.05) is 30.3 Å². The second-order valence-electron chi connectivity index (χ2n) is 6.57. The summed E-state index contributed by atoms with van der Waals surface area (Å²) < 4.78 is 0. The minimum absolute atomic E-state index is 0.162. The largest absolute Gasteiger partial charge is 0.368 e. The second-order valence-corrected chi connectivity index (χ2v) is 6.57. The fourth-order valence-electron chi connectivity index (χ4n) is 3.19. The first-order valence-electron chi connectivity index (χ1n) is 9.27. The van der Waals surface area contributed by atoms with Crippen LogP contribution in [0.15, 0.2) is 6.07 Å². The van der Waals surface area contributed by atoms with E-state index in [0.29, 0.717) is 25.5 Å². The highest BCUT2D eigenvalue weighted by Gasteiger charge is 2.14. The fourth-order valence-corrected chi connectivity index (χ4v) is 3.19. The minimum atomic E-state index is 0.162. The van der Waals surface area contributed by atoms with Crippen LogP contribution in [0.3, 0.4) is 0 Å². The Balaban J connectivity index is 1.62. The molecule has 6 heteroatoms. The molecule has 0 aliphatic heterocycles. The molecule has 0 atom stereocenters. The Morgan fingerprint density at radius 2 is 1.96 bits per heavy atom. The van der Waals surface area contributed by atoms with Gasteiger partial charge in [0.05, 0.1) is 0 Å². The van der Waals surface area contributed by atoms with Gasteiger partial charge in [0.1, 0.15) is 5.82 Å². The molecule has 3 N–H and O–H groups in total. The highest BCUT2D eigenvalue weighted by Crippen LogP contribution is 2.27. The van der Waals surface area contributed by atoms with Crippen LogP contribution >= 0.6 is 0 Å². The number of hydrogen-bond acceptors (Lipinski definition) is 5. The molecule has 1 aliphatic rings. The number of carbonyl (C=O) groups is 1. The third-order valence-corrected chi connectivity index (χ3v) is 4.45. The molecule has 1 heterocycles. The van der Waals surface area contributed by atoms with Gasteiger partial charge in [0.25, 0.3) is 0 Å². The van der Waals surface area contributed by atoms with E-state index in [4.69, 9.17) is 0 Å². The molecule has 0 spiro atoms. The molecule has 0 saturated heterocycles. The lowest BCUT2D eigenvalue weighted by Crippen LogP contribution is -2.29. The van der Waals surface area contributed by atoms with E-state index in [1.807, 2.05) is 19.9 Å². The molecule has 134 valence electrons. The summed E-state index contributed by atoms with van der Waals surface area (Å²) in [5, 5.41) is 9.34. The number of carbonyl (C=O) groups excluding carboxylic acids is 1. The van der Waals surface area contributed by atoms with Crippen molar-refractivity contribution in [3.8, 4) is 0 Å². The third-order valence-electron chi connectivity index (χ3n) is 4.45. The van der Waals surface area contributed by atoms with Gasteiger partial charge in [-0.15, -0.1) is 0 Å². The molecule has 24 heavy (non-hydrogen) atoms. The van der Waals surface area contributed by atoms with Gasteiger partial charge in [-0.1, -0.05) is 32.1 Å². The molecular formula is C18H31N5O. The summed E-state index contributed by atoms with van der Waals surface area (Å²) in [6.07, 6.45) is 8.34. The van der Waals surface area contributed by atoms with Crippen molar-refractivity contribution in [3.63, 3.8) is 0 Å². The highest BCUT2D eigenvalue weighted by atomic mass is 16.1. The first-order valence-corrected chi connectivity index (χ1v) is 9.27. The van der Waals surface area contributed by atoms with Crippen LogP contribution in [0.5, 0.6) is 0 Å². The molecule has 0 unspecified atom stereocenters. The minimum Gasteiger partial charge on any atom is -0.368 e. The van der Waals surface area contributed by atoms with Gasteiger partial charge >= 0.3 is 0 Å². The van der Waals surface area contributed by atoms with Crippen molar-refractivity contribution in [1.82, 2.24) is 15.3 Å². The normalized spacial score (nSPS) is 15.1. The summed E-state index contributed by atoms with van der Waals surface area (Å²) in [5.41, 5.74) is 0.917. The Hall–Kier alpha value is -1.85. The Bertz CT molecular complexity index is 514. The third kappa shape index (κ3) is 6.72. The molecule has 0 radical (unpaired) electrons. The van der Waals surface area contributed by atoms with E-state index in [-0.39, 0.29) is 5.91 Å². The first kappa shape index (κ1) is 18.5. The van der Waals surface area contributed by atoms with E-state index in [1.165, 1.54) is 32.1 Å². The number of hydrogen-bond donors (Lipinski definition) is 3. The summed E-state index contributed by atoms with van der Waals surface area (Å²) in [5.74, 6) is 2.34. The lowest BCUT2D eigenvalue weighted by molar-refractivity contribution is -0.121. The standard InChI is InChI=1S/C18H31N5O/c1-3-19-18-22-14(2)13-16(23-18)20-11-12-21-17(24)10-9-15-7-5-4-6-8-15/h13,15H,3-12H2,1-2H3,(H,21,24)(H2,19,20,22,23). The van der Waals surface area contributed by atoms with Crippen LogP contribution in [-0.4, -0.2) is 35.5 Å². The van der Waals surface area contributed by atoms with Crippen LogP contribution in [0.25, 0.3) is 0 Å². The zero-order chi connectivity index (χ0) is 17.2. The highest BCUT2D eigenvalue weighted by molar-refractivity contribution is 5.75. The summed E-state index contributed by atoms with van der Waals surface area (Å²) in [6, 6.07) is 1.91. The number of rotatable bonds is 9. The van der Waals surface area contributed by atoms with Crippen LogP contribution in [0.2, 0.25) is 0 Å². The van der Waals surface area contributed by atoms with Gasteiger partial charge in [-0.2, -0.15) is 4.98 Å². The van der Waals surface area contributed by atoms with Crippen LogP contribution < -0.4 is 16.0 Å². The van der Waals surface area contributed by atoms with Crippen molar-refractivity contribution in [1.29, 1.82) is 0 Å². The molecule has 0 aromatic carbocycles. The van der Waals surface area contributed by atoms with Gasteiger partial charge in [0, 0.05) is 37.8 Å². The van der Waals surface area contributed by atoms with E-state index >= 15 is 0 Å². The smallest absolute Gasteiger partial charge is 0.224 e. The number of nitrogens with one attached hydrogen (secondary N) is 3. The number of amides is 1. The average molecular weight is 333 g/mol. The molecule has 1 saturated carbocycles. The van der Waals surface area contributed by atoms with E-state index in [2.05, 4.69) is 25.9 Å². The predicted molar refractivity (Wildman–Crippen MR) is 98.2 cm³/mol. The Labute approximate surface area is 145 Å². The van der Waals surface area contributed by atoms with Gasteiger partial charge in [0.15, 0.2) is 0 Å². The van der Waals surface area contributed by atoms with Crippen LogP contribution in [0.1, 0.15) is 57.6 Å². The maximum absolute atomic E-state index is 11.9. The van der Waals surface area contributed by atoms with E-state index in [9.17, 15) is 4.79 Å². The predicted octanol–water partition coefficient (Wildman–Crippen LogP) is 3.11. The number of aromatic nitrogens is 2. The van der Waals surface area contributed by atoms with Crippen LogP contribution in [-0.2, 0) is 4.79 Å². The van der Waals surface area contributed by atoms with E-state index < -0.39 is 0 Å². The lowest BCUT2D eigenvalue weighted by atomic mass is 9.86. The maximum Gasteiger partial charge on any atom is 0.224 e. The molecule has 1 aliphatic carbocycles. The Morgan fingerprint density at radius 3 is 2.71 bits per heavy atom. The second kappa shape index (κ2) is 10.1. The molecule has 1 fully saturated rings. The maximum atomic E-state index is 11.9. The zero-order valence-corrected chi connectivity index (χ0v) is 15.0. The average Bonchev–Trinajstić information content (AvgIpc) is 2.58. The van der Waals surface area contributed by atoms with Gasteiger partial charge in [0.2, 0.25) is 11.9 Å². The lowest BCUT2D eigenvalue weighted by Gasteiger charge is -2.21. The van der Waals surface area contributed by atoms with Crippen molar-refractivity contribution >= 4 is 17.7 Å². The first-order chi connectivity index (χ1) is 11.7. The molecule has 0 bridgehead atoms.